The number of urea groups is 1. The minimum Gasteiger partial charge on any atom is -0.481 e. The minimum absolute atomic E-state index is 0.0184. The van der Waals surface area contributed by atoms with Gasteiger partial charge in [0.05, 0.1) is 11.6 Å². The van der Waals surface area contributed by atoms with E-state index < -0.39 is 11.9 Å². The number of nitrogens with one attached hydrogen (secondary N) is 1. The number of aryl methyl sites for hydroxylation is 2. The first-order chi connectivity index (χ1) is 9.81. The first kappa shape index (κ1) is 15.3. The van der Waals surface area contributed by atoms with Gasteiger partial charge in [0.25, 0.3) is 0 Å². The van der Waals surface area contributed by atoms with Gasteiger partial charge in [-0.2, -0.15) is 5.10 Å². The number of hydrogen-bond donors (Lipinski definition) is 2. The van der Waals surface area contributed by atoms with Crippen LogP contribution in [0.4, 0.5) is 4.79 Å². The minimum atomic E-state index is -0.836. The van der Waals surface area contributed by atoms with E-state index in [2.05, 4.69) is 10.4 Å². The van der Waals surface area contributed by atoms with Crippen LogP contribution in [0.1, 0.15) is 23.9 Å². The summed E-state index contributed by atoms with van der Waals surface area (Å²) in [5, 5.41) is 16.3. The van der Waals surface area contributed by atoms with E-state index in [1.54, 1.807) is 9.58 Å². The van der Waals surface area contributed by atoms with E-state index in [1.165, 1.54) is 0 Å². The molecule has 1 saturated heterocycles. The number of carboxylic acid groups (broad SMARTS) is 1. The second kappa shape index (κ2) is 5.75. The summed E-state index contributed by atoms with van der Waals surface area (Å²) in [6.07, 6.45) is 0. The van der Waals surface area contributed by atoms with Crippen LogP contribution in [0, 0.1) is 25.7 Å². The zero-order valence-corrected chi connectivity index (χ0v) is 12.9. The quantitative estimate of drug-likeness (QED) is 0.867. The van der Waals surface area contributed by atoms with E-state index >= 15 is 0 Å². The second-order valence-corrected chi connectivity index (χ2v) is 5.76. The number of hydrogen-bond acceptors (Lipinski definition) is 3. The SMILES string of the molecule is Cc1nn(C)c(C)c1CNC(=O)N1CC(C)C(C(=O)O)C1. The average Bonchev–Trinajstić information content (AvgIpc) is 2.90. The average molecular weight is 294 g/mol. The Balaban J connectivity index is 1.95. The normalized spacial score (nSPS) is 21.6. The molecule has 1 aliphatic rings. The number of nitrogens with zero attached hydrogens (tertiary/aromatic N) is 3. The number of aromatic nitrogens is 2. The molecular weight excluding hydrogens is 272 g/mol. The summed E-state index contributed by atoms with van der Waals surface area (Å²) in [6.45, 7) is 6.89. The molecule has 0 radical (unpaired) electrons. The second-order valence-electron chi connectivity index (χ2n) is 5.76. The number of carboxylic acids is 1. The van der Waals surface area contributed by atoms with Crippen LogP contribution in [0.15, 0.2) is 0 Å². The predicted octanol–water partition coefficient (Wildman–Crippen LogP) is 0.899. The van der Waals surface area contributed by atoms with Gasteiger partial charge in [0, 0.05) is 37.9 Å². The van der Waals surface area contributed by atoms with Gasteiger partial charge < -0.3 is 15.3 Å². The van der Waals surface area contributed by atoms with E-state index in [-0.39, 0.29) is 18.5 Å². The molecular formula is C14H22N4O3. The van der Waals surface area contributed by atoms with Crippen molar-refractivity contribution in [3.05, 3.63) is 17.0 Å². The molecule has 0 bridgehead atoms. The summed E-state index contributed by atoms with van der Waals surface area (Å²) in [5.41, 5.74) is 2.92. The maximum absolute atomic E-state index is 12.2. The molecule has 116 valence electrons. The van der Waals surface area contributed by atoms with Crippen LogP contribution in [-0.4, -0.2) is 44.9 Å². The van der Waals surface area contributed by atoms with Gasteiger partial charge in [-0.1, -0.05) is 6.92 Å². The largest absolute Gasteiger partial charge is 0.481 e. The number of carbonyl (C=O) groups excluding carboxylic acids is 1. The predicted molar refractivity (Wildman–Crippen MR) is 76.8 cm³/mol. The Morgan fingerprint density at radius 2 is 2.05 bits per heavy atom. The Hall–Kier alpha value is -2.05. The van der Waals surface area contributed by atoms with Crippen LogP contribution in [0.2, 0.25) is 0 Å². The molecule has 1 aromatic heterocycles. The number of likely N-dealkylation sites (tertiary alicyclic amines) is 1. The van der Waals surface area contributed by atoms with Gasteiger partial charge in [-0.05, 0) is 19.8 Å². The van der Waals surface area contributed by atoms with Crippen molar-refractivity contribution in [1.29, 1.82) is 0 Å². The van der Waals surface area contributed by atoms with Crippen molar-refractivity contribution in [3.8, 4) is 0 Å². The van der Waals surface area contributed by atoms with Gasteiger partial charge in [-0.25, -0.2) is 4.79 Å². The Kier molecular flexibility index (Phi) is 4.20. The third kappa shape index (κ3) is 3.01. The first-order valence-electron chi connectivity index (χ1n) is 7.06. The molecule has 2 unspecified atom stereocenters. The van der Waals surface area contributed by atoms with Gasteiger partial charge >= 0.3 is 12.0 Å². The number of amides is 2. The molecule has 2 N–H and O–H groups in total. The van der Waals surface area contributed by atoms with Crippen molar-refractivity contribution in [2.24, 2.45) is 18.9 Å². The van der Waals surface area contributed by atoms with Crippen LogP contribution < -0.4 is 5.32 Å². The highest BCUT2D eigenvalue weighted by atomic mass is 16.4. The fourth-order valence-electron chi connectivity index (χ4n) is 2.80. The summed E-state index contributed by atoms with van der Waals surface area (Å²) in [4.78, 5) is 24.8. The molecule has 0 aliphatic carbocycles. The fraction of sp³-hybridized carbons (Fsp3) is 0.643. The molecule has 7 heteroatoms. The molecule has 2 amide bonds. The summed E-state index contributed by atoms with van der Waals surface area (Å²) in [7, 11) is 1.87. The van der Waals surface area contributed by atoms with Crippen LogP contribution in [0.5, 0.6) is 0 Å². The highest BCUT2D eigenvalue weighted by Crippen LogP contribution is 2.23. The monoisotopic (exact) mass is 294 g/mol. The van der Waals surface area contributed by atoms with Crippen molar-refractivity contribution >= 4 is 12.0 Å². The molecule has 2 atom stereocenters. The highest BCUT2D eigenvalue weighted by Gasteiger charge is 2.36. The lowest BCUT2D eigenvalue weighted by Gasteiger charge is -2.17. The van der Waals surface area contributed by atoms with Crippen LogP contribution in [0.3, 0.4) is 0 Å². The number of aliphatic carboxylic acids is 1. The van der Waals surface area contributed by atoms with E-state index in [9.17, 15) is 9.59 Å². The zero-order chi connectivity index (χ0) is 15.7. The smallest absolute Gasteiger partial charge is 0.317 e. The standard InChI is InChI=1S/C14H22N4O3/c1-8-6-18(7-12(8)13(19)20)14(21)15-5-11-9(2)16-17(4)10(11)3/h8,12H,5-7H2,1-4H3,(H,15,21)(H,19,20). The molecule has 21 heavy (non-hydrogen) atoms. The maximum Gasteiger partial charge on any atom is 0.317 e. The van der Waals surface area contributed by atoms with Crippen molar-refractivity contribution in [2.45, 2.75) is 27.3 Å². The lowest BCUT2D eigenvalue weighted by Crippen LogP contribution is -2.38. The summed E-state index contributed by atoms with van der Waals surface area (Å²) < 4.78 is 1.79. The summed E-state index contributed by atoms with van der Waals surface area (Å²) in [5.74, 6) is -1.33. The van der Waals surface area contributed by atoms with Crippen LogP contribution >= 0.6 is 0 Å². The fourth-order valence-corrected chi connectivity index (χ4v) is 2.80. The van der Waals surface area contributed by atoms with Gasteiger partial charge in [-0.15, -0.1) is 0 Å². The molecule has 2 rings (SSSR count). The molecule has 7 nitrogen and oxygen atoms in total. The molecule has 1 aliphatic heterocycles. The third-order valence-electron chi connectivity index (χ3n) is 4.29. The molecule has 0 spiro atoms. The third-order valence-corrected chi connectivity index (χ3v) is 4.29. The maximum atomic E-state index is 12.2. The number of rotatable bonds is 3. The Bertz CT molecular complexity index is 567. The summed E-state index contributed by atoms with van der Waals surface area (Å²) in [6, 6.07) is -0.215. The topological polar surface area (TPSA) is 87.5 Å². The Morgan fingerprint density at radius 1 is 1.38 bits per heavy atom. The first-order valence-corrected chi connectivity index (χ1v) is 7.06. The van der Waals surface area contributed by atoms with E-state index in [0.29, 0.717) is 13.1 Å². The van der Waals surface area contributed by atoms with Crippen molar-refractivity contribution < 1.29 is 14.7 Å². The Morgan fingerprint density at radius 3 is 2.52 bits per heavy atom. The molecule has 2 heterocycles. The number of carbonyl (C=O) groups is 2. The molecule has 1 aromatic rings. The molecule has 1 fully saturated rings. The zero-order valence-electron chi connectivity index (χ0n) is 12.9. The Labute approximate surface area is 123 Å². The highest BCUT2D eigenvalue weighted by molar-refractivity contribution is 5.77. The van der Waals surface area contributed by atoms with Gasteiger partial charge in [0.1, 0.15) is 0 Å². The van der Waals surface area contributed by atoms with Gasteiger partial charge in [0.2, 0.25) is 0 Å². The molecule has 0 saturated carbocycles. The van der Waals surface area contributed by atoms with Gasteiger partial charge in [0.15, 0.2) is 0 Å². The van der Waals surface area contributed by atoms with E-state index in [4.69, 9.17) is 5.11 Å². The van der Waals surface area contributed by atoms with Crippen LogP contribution in [0.25, 0.3) is 0 Å². The van der Waals surface area contributed by atoms with Crippen LogP contribution in [-0.2, 0) is 18.4 Å². The van der Waals surface area contributed by atoms with E-state index in [0.717, 1.165) is 17.0 Å². The molecule has 0 aromatic carbocycles. The lowest BCUT2D eigenvalue weighted by atomic mass is 9.99. The van der Waals surface area contributed by atoms with Crippen molar-refractivity contribution in [2.75, 3.05) is 13.1 Å². The van der Waals surface area contributed by atoms with Crippen molar-refractivity contribution in [1.82, 2.24) is 20.0 Å². The van der Waals surface area contributed by atoms with E-state index in [1.807, 2.05) is 27.8 Å². The lowest BCUT2D eigenvalue weighted by molar-refractivity contribution is -0.142. The van der Waals surface area contributed by atoms with Gasteiger partial charge in [-0.3, -0.25) is 9.48 Å². The summed E-state index contributed by atoms with van der Waals surface area (Å²) >= 11 is 0. The van der Waals surface area contributed by atoms with Crippen molar-refractivity contribution in [3.63, 3.8) is 0 Å².